The van der Waals surface area contributed by atoms with E-state index in [1.807, 2.05) is 39.7 Å². The highest BCUT2D eigenvalue weighted by Gasteiger charge is 2.41. The average molecular weight is 1130 g/mol. The van der Waals surface area contributed by atoms with E-state index in [0.717, 1.165) is 50.8 Å². The van der Waals surface area contributed by atoms with E-state index in [1.165, 1.54) is 33.4 Å². The fourth-order valence-corrected chi connectivity index (χ4v) is 15.5. The number of aromatic nitrogens is 2. The predicted octanol–water partition coefficient (Wildman–Crippen LogP) is 9.60. The van der Waals surface area contributed by atoms with Gasteiger partial charge in [-0.3, -0.25) is 19.4 Å². The quantitative estimate of drug-likeness (QED) is 0.0929. The second-order valence-electron chi connectivity index (χ2n) is 20.7. The van der Waals surface area contributed by atoms with E-state index in [2.05, 4.69) is 58.5 Å². The molecule has 0 bridgehead atoms. The number of nitrogens with zero attached hydrogens (tertiary/aromatic N) is 6. The Labute approximate surface area is 455 Å². The van der Waals surface area contributed by atoms with Gasteiger partial charge in [0.25, 0.3) is 0 Å². The number of hydrogen-bond acceptors (Lipinski definition) is 8. The molecule has 0 spiro atoms. The van der Waals surface area contributed by atoms with Gasteiger partial charge in [0.15, 0.2) is 0 Å². The minimum absolute atomic E-state index is 0.0596. The molecular weight excluding hydrogens is 1060 g/mol. The SMILES string of the molecule is CC1CCCC(C)N1CCCNC(=O)CC1c2cccn2CCN1S(=O)(=O)c1ccc(C(F)(F)F)cc1Cl.Cc1cc(S(=O)(=O)N2CCn3cccc3C2CC(=O)NCC2CCN(Cc3ccccc3)C2)c(C)cc1Cl. The van der Waals surface area contributed by atoms with Crippen molar-refractivity contribution >= 4 is 55.1 Å². The van der Waals surface area contributed by atoms with Crippen LogP contribution in [-0.4, -0.2) is 114 Å². The molecule has 5 unspecified atom stereocenters. The van der Waals surface area contributed by atoms with Crippen molar-refractivity contribution in [1.82, 2.24) is 38.2 Å². The van der Waals surface area contributed by atoms with E-state index in [-0.39, 0.29) is 36.1 Å². The predicted molar refractivity (Wildman–Crippen MR) is 289 cm³/mol. The number of piperidine rings is 1. The van der Waals surface area contributed by atoms with Gasteiger partial charge in [0.2, 0.25) is 31.9 Å². The zero-order valence-electron chi connectivity index (χ0n) is 43.5. The molecule has 3 aromatic carbocycles. The molecule has 76 heavy (non-hydrogen) atoms. The van der Waals surface area contributed by atoms with Crippen molar-refractivity contribution in [2.45, 2.75) is 132 Å². The molecule has 412 valence electrons. The second-order valence-corrected chi connectivity index (χ2v) is 25.2. The fraction of sp³-hybridized carbons (Fsp3) is 0.491. The van der Waals surface area contributed by atoms with Gasteiger partial charge in [0, 0.05) is 113 Å². The highest BCUT2D eigenvalue weighted by Crippen LogP contribution is 2.40. The number of carbonyl (C=O) groups is 2. The molecule has 9 rings (SSSR count). The van der Waals surface area contributed by atoms with Crippen LogP contribution in [0.25, 0.3) is 0 Å². The zero-order valence-corrected chi connectivity index (χ0v) is 46.6. The zero-order chi connectivity index (χ0) is 54.5. The van der Waals surface area contributed by atoms with Gasteiger partial charge in [-0.2, -0.15) is 21.8 Å². The van der Waals surface area contributed by atoms with Crippen LogP contribution < -0.4 is 10.6 Å². The molecule has 21 heteroatoms. The summed E-state index contributed by atoms with van der Waals surface area (Å²) in [5.74, 6) is -0.0316. The van der Waals surface area contributed by atoms with Gasteiger partial charge < -0.3 is 19.8 Å². The number of rotatable bonds is 16. The third kappa shape index (κ3) is 13.4. The summed E-state index contributed by atoms with van der Waals surface area (Å²) in [5, 5.41) is 6.06. The van der Waals surface area contributed by atoms with Gasteiger partial charge in [-0.25, -0.2) is 16.8 Å². The molecule has 0 aliphatic carbocycles. The minimum Gasteiger partial charge on any atom is -0.356 e. The van der Waals surface area contributed by atoms with E-state index >= 15 is 0 Å². The van der Waals surface area contributed by atoms with Crippen molar-refractivity contribution in [2.75, 3.05) is 45.8 Å². The summed E-state index contributed by atoms with van der Waals surface area (Å²) in [4.78, 5) is 30.8. The maximum absolute atomic E-state index is 13.9. The van der Waals surface area contributed by atoms with E-state index in [4.69, 9.17) is 23.2 Å². The summed E-state index contributed by atoms with van der Waals surface area (Å²) in [6.45, 7) is 14.1. The lowest BCUT2D eigenvalue weighted by atomic mass is 9.97. The number of likely N-dealkylation sites (tertiary alicyclic amines) is 2. The molecule has 4 aliphatic heterocycles. The largest absolute Gasteiger partial charge is 0.416 e. The number of sulfonamides is 2. The minimum atomic E-state index is -4.65. The van der Waals surface area contributed by atoms with Crippen molar-refractivity contribution in [3.63, 3.8) is 0 Å². The second kappa shape index (κ2) is 24.5. The molecule has 4 aliphatic rings. The molecule has 0 radical (unpaired) electrons. The number of aryl methyl sites for hydroxylation is 2. The first-order valence-corrected chi connectivity index (χ1v) is 29.8. The van der Waals surface area contributed by atoms with Crippen LogP contribution in [-0.2, 0) is 55.4 Å². The number of carbonyl (C=O) groups excluding carboxylic acids is 2. The monoisotopic (exact) mass is 1130 g/mol. The van der Waals surface area contributed by atoms with Gasteiger partial charge in [-0.05, 0) is 137 Å². The number of alkyl halides is 3. The molecule has 2 N–H and O–H groups in total. The van der Waals surface area contributed by atoms with Crippen LogP contribution in [0, 0.1) is 19.8 Å². The lowest BCUT2D eigenvalue weighted by Crippen LogP contribution is -2.45. The van der Waals surface area contributed by atoms with Crippen LogP contribution >= 0.6 is 23.2 Å². The van der Waals surface area contributed by atoms with Gasteiger partial charge in [-0.1, -0.05) is 60.0 Å². The topological polar surface area (TPSA) is 149 Å². The van der Waals surface area contributed by atoms with Crippen LogP contribution in [0.1, 0.15) is 105 Å². The Bertz CT molecular complexity index is 3060. The van der Waals surface area contributed by atoms with Crippen LogP contribution in [0.15, 0.2) is 107 Å². The van der Waals surface area contributed by atoms with E-state index in [1.54, 1.807) is 38.1 Å². The Morgan fingerprint density at radius 2 is 1.26 bits per heavy atom. The van der Waals surface area contributed by atoms with Crippen LogP contribution in [0.4, 0.5) is 13.2 Å². The third-order valence-electron chi connectivity index (χ3n) is 15.4. The maximum atomic E-state index is 13.9. The lowest BCUT2D eigenvalue weighted by Gasteiger charge is -2.39. The molecule has 2 amide bonds. The molecule has 2 fully saturated rings. The van der Waals surface area contributed by atoms with Gasteiger partial charge in [0.1, 0.15) is 4.90 Å². The number of nitrogens with one attached hydrogen (secondary N) is 2. The number of halogens is 5. The Kier molecular flexibility index (Phi) is 18.5. The first-order valence-electron chi connectivity index (χ1n) is 26.1. The summed E-state index contributed by atoms with van der Waals surface area (Å²) in [7, 11) is -8.13. The third-order valence-corrected chi connectivity index (χ3v) is 20.2. The summed E-state index contributed by atoms with van der Waals surface area (Å²) in [5.41, 5.74) is 3.07. The number of benzene rings is 3. The van der Waals surface area contributed by atoms with Gasteiger partial charge in [0.05, 0.1) is 27.6 Å². The molecule has 2 aromatic heterocycles. The van der Waals surface area contributed by atoms with Crippen LogP contribution in [0.5, 0.6) is 0 Å². The van der Waals surface area contributed by atoms with Crippen LogP contribution in [0.3, 0.4) is 0 Å². The highest BCUT2D eigenvalue weighted by molar-refractivity contribution is 7.89. The lowest BCUT2D eigenvalue weighted by molar-refractivity contribution is -0.137. The van der Waals surface area contributed by atoms with E-state index in [0.29, 0.717) is 84.7 Å². The van der Waals surface area contributed by atoms with E-state index < -0.39 is 53.8 Å². The van der Waals surface area contributed by atoms with E-state index in [9.17, 15) is 39.6 Å². The highest BCUT2D eigenvalue weighted by atomic mass is 35.5. The molecular formula is C55H69Cl2F3N8O6S2. The number of hydrogen-bond donors (Lipinski definition) is 2. The summed E-state index contributed by atoms with van der Waals surface area (Å²) >= 11 is 12.3. The standard InChI is InChI=1S/C29H35ClN4O3S.C26H34ClF3N4O3S/c1-21-16-28(22(2)15-25(21)30)38(36,37)34-14-13-33-11-6-9-26(33)27(34)17-29(35)31-18-24-10-12-32(20-24)19-23-7-4-3-5-8-23;1-18-6-3-7-19(2)33(18)13-5-11-31-25(35)17-23-22-8-4-12-32(22)14-15-34(23)38(36,37)24-10-9-20(16-21(24)27)26(28,29)30/h3-9,11,15-16,24,27H,10,12-14,17-20H2,1-2H3,(H,31,35);4,8-10,12,16,18-19,23H,3,5-7,11,13-15,17H2,1-2H3,(H,31,35). The van der Waals surface area contributed by atoms with Crippen molar-refractivity contribution in [3.8, 4) is 0 Å². The molecule has 2 saturated heterocycles. The van der Waals surface area contributed by atoms with Crippen molar-refractivity contribution in [3.05, 3.63) is 141 Å². The normalized spacial score (nSPS) is 21.8. The molecule has 5 aromatic rings. The maximum Gasteiger partial charge on any atom is 0.416 e. The first kappa shape index (κ1) is 57.4. The van der Waals surface area contributed by atoms with Crippen molar-refractivity contribution < 1.29 is 39.6 Å². The Balaban J connectivity index is 0.000000201. The molecule has 5 atom stereocenters. The van der Waals surface area contributed by atoms with Gasteiger partial charge in [-0.15, -0.1) is 0 Å². The molecule has 0 saturated carbocycles. The molecule has 14 nitrogen and oxygen atoms in total. The van der Waals surface area contributed by atoms with Crippen molar-refractivity contribution in [2.24, 2.45) is 5.92 Å². The van der Waals surface area contributed by atoms with Crippen molar-refractivity contribution in [1.29, 1.82) is 0 Å². The van der Waals surface area contributed by atoms with Crippen LogP contribution in [0.2, 0.25) is 10.0 Å². The fourth-order valence-electron chi connectivity index (χ4n) is 11.3. The Morgan fingerprint density at radius 3 is 1.86 bits per heavy atom. The van der Waals surface area contributed by atoms with Gasteiger partial charge >= 0.3 is 6.18 Å². The summed E-state index contributed by atoms with van der Waals surface area (Å²) in [6, 6.07) is 23.0. The number of fused-ring (bicyclic) bond motifs is 2. The summed E-state index contributed by atoms with van der Waals surface area (Å²) in [6.07, 6.45) is 4.47. The smallest absolute Gasteiger partial charge is 0.356 e. The number of amides is 2. The summed E-state index contributed by atoms with van der Waals surface area (Å²) < 4.78 is 101. The first-order chi connectivity index (χ1) is 36.1. The Hall–Kier alpha value is -4.73. The average Bonchev–Trinajstić information content (AvgIpc) is 4.19. The molecule has 6 heterocycles. The Morgan fingerprint density at radius 1 is 0.671 bits per heavy atom.